The molecule has 1 aromatic heterocycles. The van der Waals surface area contributed by atoms with Crippen LogP contribution in [0.25, 0.3) is 11.1 Å². The van der Waals surface area contributed by atoms with Crippen LogP contribution in [0.5, 0.6) is 0 Å². The summed E-state index contributed by atoms with van der Waals surface area (Å²) in [4.78, 5) is 48.7. The maximum Gasteiger partial charge on any atom is 0.414 e. The summed E-state index contributed by atoms with van der Waals surface area (Å²) in [6.45, 7) is 0.762. The Morgan fingerprint density at radius 3 is 2.72 bits per heavy atom. The van der Waals surface area contributed by atoms with Crippen molar-refractivity contribution in [2.75, 3.05) is 47.9 Å². The number of anilines is 3. The molecule has 0 bridgehead atoms. The number of carbonyl (C=O) groups excluding carboxylic acids is 3. The molecule has 11 nitrogen and oxygen atoms in total. The van der Waals surface area contributed by atoms with Crippen LogP contribution in [0.4, 0.5) is 40.1 Å². The molecule has 3 heterocycles. The monoisotopic (exact) mass is 547 g/mol. The molecule has 2 aliphatic heterocycles. The number of Topliss-reactive ketones (excluding diaryl/α,β-unsaturated/α-hetero) is 1. The van der Waals surface area contributed by atoms with E-state index in [0.717, 1.165) is 5.06 Å². The van der Waals surface area contributed by atoms with Crippen LogP contribution in [0, 0.1) is 5.82 Å². The summed E-state index contributed by atoms with van der Waals surface area (Å²) in [6, 6.07) is 10.7. The Balaban J connectivity index is 1.18. The van der Waals surface area contributed by atoms with E-state index in [9.17, 15) is 23.2 Å². The highest BCUT2D eigenvalue weighted by Gasteiger charge is 2.34. The zero-order valence-electron chi connectivity index (χ0n) is 20.5. The Hall–Kier alpha value is -4.33. The lowest BCUT2D eigenvalue weighted by Crippen LogP contribution is -2.37. The maximum absolute atomic E-state index is 15.1. The van der Waals surface area contributed by atoms with Gasteiger partial charge in [0.15, 0.2) is 11.4 Å². The average Bonchev–Trinajstić information content (AvgIpc) is 3.40. The molecule has 1 atom stereocenters. The number of ketones is 1. The van der Waals surface area contributed by atoms with E-state index in [1.165, 1.54) is 23.1 Å². The highest BCUT2D eigenvalue weighted by atomic mass is 19.3. The molecule has 2 saturated heterocycles. The van der Waals surface area contributed by atoms with Crippen molar-refractivity contribution < 1.29 is 41.5 Å². The molecule has 0 radical (unpaired) electrons. The van der Waals surface area contributed by atoms with E-state index in [1.54, 1.807) is 29.2 Å². The number of hydroxylamine groups is 2. The van der Waals surface area contributed by atoms with E-state index in [2.05, 4.69) is 10.3 Å². The van der Waals surface area contributed by atoms with Crippen molar-refractivity contribution in [2.45, 2.75) is 25.4 Å². The van der Waals surface area contributed by atoms with Crippen LogP contribution in [0.3, 0.4) is 0 Å². The van der Waals surface area contributed by atoms with E-state index >= 15 is 4.39 Å². The number of rotatable bonds is 7. The number of alkyl halides is 2. The number of ether oxygens (including phenoxy) is 1. The van der Waals surface area contributed by atoms with Crippen molar-refractivity contribution in [3.63, 3.8) is 0 Å². The first-order valence-electron chi connectivity index (χ1n) is 12.2. The fraction of sp³-hybridized carbons (Fsp3) is 0.360. The molecule has 0 aliphatic carbocycles. The lowest BCUT2D eigenvalue weighted by atomic mass is 10.1. The van der Waals surface area contributed by atoms with Gasteiger partial charge in [-0.25, -0.2) is 27.8 Å². The number of carbonyl (C=O) groups is 3. The van der Waals surface area contributed by atoms with Crippen molar-refractivity contribution in [1.82, 2.24) is 10.0 Å². The summed E-state index contributed by atoms with van der Waals surface area (Å²) in [5.74, 6) is -1.83. The molecule has 0 spiro atoms. The molecule has 3 aromatic rings. The van der Waals surface area contributed by atoms with Gasteiger partial charge in [0.2, 0.25) is 0 Å². The summed E-state index contributed by atoms with van der Waals surface area (Å²) in [7, 11) is 0. The normalized spacial score (nSPS) is 18.0. The first-order chi connectivity index (χ1) is 18.8. The number of hydrogen-bond acceptors (Lipinski definition) is 8. The molecule has 0 unspecified atom stereocenters. The second-order valence-electron chi connectivity index (χ2n) is 8.90. The van der Waals surface area contributed by atoms with Crippen LogP contribution in [0.1, 0.15) is 12.8 Å². The molecule has 14 heteroatoms. The number of urea groups is 1. The topological polar surface area (TPSA) is 117 Å². The van der Waals surface area contributed by atoms with Crippen molar-refractivity contribution in [3.05, 3.63) is 48.3 Å². The SMILES string of the molecule is O=C(CC[C@H]1CN(c2ccc(N3CCON(C(=O)Nc4nc5ccccc5o4)CC3)c(F)c2)C(=O)O1)C(F)F. The highest BCUT2D eigenvalue weighted by molar-refractivity contribution is 5.90. The quantitative estimate of drug-likeness (QED) is 0.468. The van der Waals surface area contributed by atoms with Crippen molar-refractivity contribution in [2.24, 2.45) is 0 Å². The molecule has 1 N–H and O–H groups in total. The van der Waals surface area contributed by atoms with Crippen molar-refractivity contribution in [1.29, 1.82) is 0 Å². The van der Waals surface area contributed by atoms with Gasteiger partial charge in [0.25, 0.3) is 6.43 Å². The van der Waals surface area contributed by atoms with E-state index in [1.807, 2.05) is 0 Å². The predicted octanol–water partition coefficient (Wildman–Crippen LogP) is 4.19. The number of nitrogens with zero attached hydrogens (tertiary/aromatic N) is 4. The number of amides is 3. The lowest BCUT2D eigenvalue weighted by molar-refractivity contribution is -0.129. The summed E-state index contributed by atoms with van der Waals surface area (Å²) >= 11 is 0. The Labute approximate surface area is 220 Å². The maximum atomic E-state index is 15.1. The van der Waals surface area contributed by atoms with Gasteiger partial charge in [-0.15, -0.1) is 0 Å². The van der Waals surface area contributed by atoms with E-state index in [4.69, 9.17) is 14.0 Å². The standard InChI is InChI=1S/C25H24F3N5O6/c26-17-13-15(32-14-16(38-25(32)36)6-8-20(34)22(27)28)5-7-19(17)31-9-10-33(37-12-11-31)24(35)30-23-29-18-3-1-2-4-21(18)39-23/h1-5,7,13,16,22H,6,8-12,14H2,(H,29,30,35)/t16-/m0/s1. The van der Waals surface area contributed by atoms with Gasteiger partial charge < -0.3 is 14.1 Å². The Morgan fingerprint density at radius 1 is 1.13 bits per heavy atom. The summed E-state index contributed by atoms with van der Waals surface area (Å²) in [6.07, 6.45) is -5.04. The summed E-state index contributed by atoms with van der Waals surface area (Å²) in [5.41, 5.74) is 1.59. The van der Waals surface area contributed by atoms with Gasteiger partial charge in [0.1, 0.15) is 17.4 Å². The smallest absolute Gasteiger partial charge is 0.414 e. The number of benzene rings is 2. The van der Waals surface area contributed by atoms with Crippen LogP contribution < -0.4 is 15.1 Å². The van der Waals surface area contributed by atoms with Crippen molar-refractivity contribution in [3.8, 4) is 0 Å². The molecule has 0 saturated carbocycles. The summed E-state index contributed by atoms with van der Waals surface area (Å²) < 4.78 is 50.6. The number of cyclic esters (lactones) is 1. The number of hydrogen-bond donors (Lipinski definition) is 1. The number of para-hydroxylation sites is 2. The van der Waals surface area contributed by atoms with Crippen LogP contribution in [-0.4, -0.2) is 73.3 Å². The Kier molecular flexibility index (Phi) is 7.54. The zero-order chi connectivity index (χ0) is 27.5. The second-order valence-corrected chi connectivity index (χ2v) is 8.90. The molecule has 2 aliphatic rings. The molecule has 39 heavy (non-hydrogen) atoms. The van der Waals surface area contributed by atoms with Crippen LogP contribution in [-0.2, 0) is 14.4 Å². The molecule has 5 rings (SSSR count). The molecule has 2 fully saturated rings. The van der Waals surface area contributed by atoms with Gasteiger partial charge in [-0.05, 0) is 36.8 Å². The molecule has 3 amide bonds. The highest BCUT2D eigenvalue weighted by Crippen LogP contribution is 2.29. The van der Waals surface area contributed by atoms with Crippen LogP contribution in [0.2, 0.25) is 0 Å². The minimum atomic E-state index is -3.07. The van der Waals surface area contributed by atoms with Gasteiger partial charge in [-0.3, -0.25) is 19.8 Å². The zero-order valence-corrected chi connectivity index (χ0v) is 20.5. The third kappa shape index (κ3) is 5.90. The molecule has 2 aromatic carbocycles. The van der Waals surface area contributed by atoms with E-state index < -0.39 is 42.7 Å². The van der Waals surface area contributed by atoms with Gasteiger partial charge >= 0.3 is 18.1 Å². The number of nitrogens with one attached hydrogen (secondary N) is 1. The van der Waals surface area contributed by atoms with Crippen LogP contribution in [0.15, 0.2) is 46.9 Å². The Morgan fingerprint density at radius 2 is 1.95 bits per heavy atom. The largest absolute Gasteiger partial charge is 0.444 e. The third-order valence-corrected chi connectivity index (χ3v) is 6.33. The molecular weight excluding hydrogens is 523 g/mol. The minimum absolute atomic E-state index is 0.00977. The first-order valence-corrected chi connectivity index (χ1v) is 12.2. The lowest BCUT2D eigenvalue weighted by Gasteiger charge is -2.23. The van der Waals surface area contributed by atoms with Crippen LogP contribution >= 0.6 is 0 Å². The average molecular weight is 547 g/mol. The minimum Gasteiger partial charge on any atom is -0.444 e. The number of fused-ring (bicyclic) bond motifs is 1. The Bertz CT molecular complexity index is 1350. The number of aromatic nitrogens is 1. The van der Waals surface area contributed by atoms with Gasteiger partial charge in [0.05, 0.1) is 31.1 Å². The van der Waals surface area contributed by atoms with E-state index in [0.29, 0.717) is 11.1 Å². The van der Waals surface area contributed by atoms with Gasteiger partial charge in [-0.2, -0.15) is 4.98 Å². The predicted molar refractivity (Wildman–Crippen MR) is 132 cm³/mol. The van der Waals surface area contributed by atoms with Gasteiger partial charge in [0, 0.05) is 19.5 Å². The summed E-state index contributed by atoms with van der Waals surface area (Å²) in [5, 5.41) is 3.66. The second kappa shape index (κ2) is 11.2. The fourth-order valence-electron chi connectivity index (χ4n) is 4.34. The third-order valence-electron chi connectivity index (χ3n) is 6.33. The number of oxazole rings is 1. The molecular formula is C25H24F3N5O6. The van der Waals surface area contributed by atoms with E-state index in [-0.39, 0.29) is 56.6 Å². The molecule has 206 valence electrons. The fourth-order valence-corrected chi connectivity index (χ4v) is 4.34. The van der Waals surface area contributed by atoms with Crippen molar-refractivity contribution >= 4 is 46.4 Å². The van der Waals surface area contributed by atoms with Gasteiger partial charge in [-0.1, -0.05) is 12.1 Å². The number of halogens is 3. The first kappa shape index (κ1) is 26.3.